The molecule has 2 aromatic heterocycles. The maximum Gasteiger partial charge on any atom is 0.254 e. The van der Waals surface area contributed by atoms with Gasteiger partial charge in [0.25, 0.3) is 5.91 Å². The zero-order valence-corrected chi connectivity index (χ0v) is 18.2. The minimum atomic E-state index is 0.0896. The van der Waals surface area contributed by atoms with Crippen LogP contribution in [0.4, 0.5) is 0 Å². The molecule has 158 valence electrons. The normalized spacial score (nSPS) is 21.4. The van der Waals surface area contributed by atoms with Crippen molar-refractivity contribution in [3.05, 3.63) is 23.5 Å². The molecule has 1 atom stereocenters. The van der Waals surface area contributed by atoms with Gasteiger partial charge in [-0.15, -0.1) is 0 Å². The Hall–Kier alpha value is -1.95. The summed E-state index contributed by atoms with van der Waals surface area (Å²) >= 11 is 0. The van der Waals surface area contributed by atoms with Gasteiger partial charge in [-0.25, -0.2) is 9.67 Å². The van der Waals surface area contributed by atoms with Crippen LogP contribution in [0.2, 0.25) is 0 Å². The smallest absolute Gasteiger partial charge is 0.254 e. The van der Waals surface area contributed by atoms with Gasteiger partial charge < -0.3 is 9.64 Å². The average Bonchev–Trinajstić information content (AvgIpc) is 3.17. The van der Waals surface area contributed by atoms with Crippen LogP contribution in [0.1, 0.15) is 87.8 Å². The van der Waals surface area contributed by atoms with E-state index in [4.69, 9.17) is 9.72 Å². The maximum absolute atomic E-state index is 13.6. The van der Waals surface area contributed by atoms with E-state index in [1.165, 1.54) is 32.1 Å². The molecule has 1 saturated heterocycles. The van der Waals surface area contributed by atoms with Crippen molar-refractivity contribution in [3.8, 4) is 0 Å². The molecule has 0 spiro atoms. The van der Waals surface area contributed by atoms with E-state index >= 15 is 0 Å². The lowest BCUT2D eigenvalue weighted by atomic mass is 9.84. The molecule has 1 amide bonds. The van der Waals surface area contributed by atoms with Gasteiger partial charge >= 0.3 is 0 Å². The predicted octanol–water partition coefficient (Wildman–Crippen LogP) is 4.56. The predicted molar refractivity (Wildman–Crippen MR) is 114 cm³/mol. The molecule has 1 saturated carbocycles. The van der Waals surface area contributed by atoms with Crippen LogP contribution >= 0.6 is 0 Å². The van der Waals surface area contributed by atoms with Crippen LogP contribution in [0, 0.1) is 5.92 Å². The lowest BCUT2D eigenvalue weighted by molar-refractivity contribution is -0.0562. The molecule has 6 heteroatoms. The number of ether oxygens (including phenoxy) is 1. The molecule has 0 aromatic carbocycles. The monoisotopic (exact) mass is 398 g/mol. The lowest BCUT2D eigenvalue weighted by Gasteiger charge is -2.38. The van der Waals surface area contributed by atoms with Crippen LogP contribution < -0.4 is 0 Å². The summed E-state index contributed by atoms with van der Waals surface area (Å²) in [5.41, 5.74) is 2.49. The first-order valence-electron chi connectivity index (χ1n) is 11.2. The molecule has 4 rings (SSSR count). The van der Waals surface area contributed by atoms with Gasteiger partial charge in [0.1, 0.15) is 0 Å². The van der Waals surface area contributed by atoms with Crippen molar-refractivity contribution in [2.45, 2.75) is 77.9 Å². The maximum atomic E-state index is 13.6. The highest BCUT2D eigenvalue weighted by Crippen LogP contribution is 2.31. The van der Waals surface area contributed by atoms with Crippen molar-refractivity contribution < 1.29 is 9.53 Å². The van der Waals surface area contributed by atoms with Crippen molar-refractivity contribution in [2.24, 2.45) is 5.92 Å². The Bertz CT molecular complexity index is 867. The summed E-state index contributed by atoms with van der Waals surface area (Å²) in [6, 6.07) is 2.18. The van der Waals surface area contributed by atoms with Gasteiger partial charge in [-0.05, 0) is 44.6 Å². The average molecular weight is 399 g/mol. The van der Waals surface area contributed by atoms with E-state index in [2.05, 4.69) is 32.8 Å². The Morgan fingerprint density at radius 3 is 2.62 bits per heavy atom. The molecule has 29 heavy (non-hydrogen) atoms. The number of hydrogen-bond donors (Lipinski definition) is 0. The Morgan fingerprint density at radius 2 is 1.93 bits per heavy atom. The van der Waals surface area contributed by atoms with Crippen LogP contribution in [-0.4, -0.2) is 51.4 Å². The number of pyridine rings is 1. The van der Waals surface area contributed by atoms with Gasteiger partial charge in [0.05, 0.1) is 29.9 Å². The van der Waals surface area contributed by atoms with E-state index in [0.29, 0.717) is 25.6 Å². The minimum Gasteiger partial charge on any atom is -0.374 e. The number of rotatable bonds is 4. The molecule has 3 heterocycles. The summed E-state index contributed by atoms with van der Waals surface area (Å²) in [6.45, 7) is 10.4. The van der Waals surface area contributed by atoms with Crippen LogP contribution in [-0.2, 0) is 4.74 Å². The number of morpholine rings is 1. The molecule has 1 aliphatic heterocycles. The Balaban J connectivity index is 1.65. The largest absolute Gasteiger partial charge is 0.374 e. The minimum absolute atomic E-state index is 0.0896. The van der Waals surface area contributed by atoms with E-state index in [9.17, 15) is 4.79 Å². The Morgan fingerprint density at radius 1 is 1.17 bits per heavy atom. The summed E-state index contributed by atoms with van der Waals surface area (Å²) in [4.78, 5) is 20.4. The number of hydrogen-bond acceptors (Lipinski definition) is 4. The molecule has 6 nitrogen and oxygen atoms in total. The molecule has 2 aliphatic rings. The molecule has 0 N–H and O–H groups in total. The highest BCUT2D eigenvalue weighted by atomic mass is 16.5. The van der Waals surface area contributed by atoms with Crippen LogP contribution in [0.3, 0.4) is 0 Å². The number of aromatic nitrogens is 3. The van der Waals surface area contributed by atoms with E-state index in [0.717, 1.165) is 22.3 Å². The molecule has 2 aromatic rings. The van der Waals surface area contributed by atoms with Gasteiger partial charge in [-0.2, -0.15) is 5.10 Å². The fourth-order valence-corrected chi connectivity index (χ4v) is 4.71. The second kappa shape index (κ2) is 8.42. The fraction of sp³-hybridized carbons (Fsp3) is 0.696. The molecule has 0 radical (unpaired) electrons. The third kappa shape index (κ3) is 4.04. The molecular formula is C23H34N4O2. The van der Waals surface area contributed by atoms with E-state index < -0.39 is 0 Å². The van der Waals surface area contributed by atoms with E-state index in [-0.39, 0.29) is 24.0 Å². The number of nitrogens with zero attached hydrogens (tertiary/aromatic N) is 4. The molecular weight excluding hydrogens is 364 g/mol. The molecule has 2 fully saturated rings. The first-order chi connectivity index (χ1) is 14.0. The van der Waals surface area contributed by atoms with Crippen molar-refractivity contribution in [1.29, 1.82) is 0 Å². The molecule has 0 unspecified atom stereocenters. The quantitative estimate of drug-likeness (QED) is 0.758. The van der Waals surface area contributed by atoms with Crippen LogP contribution in [0.5, 0.6) is 0 Å². The standard InChI is InChI=1S/C23H34N4O2/c1-15(2)20-12-18(19-13-24-27(16(3)4)22(19)25-20)23(28)26-10-11-29-21(14-26)17-8-6-5-7-9-17/h12-13,15-17,21H,5-11,14H2,1-4H3/t21-/m1/s1. The van der Waals surface area contributed by atoms with Gasteiger partial charge in [0.2, 0.25) is 0 Å². The second-order valence-electron chi connectivity index (χ2n) is 9.23. The van der Waals surface area contributed by atoms with Crippen molar-refractivity contribution in [2.75, 3.05) is 19.7 Å². The lowest BCUT2D eigenvalue weighted by Crippen LogP contribution is -2.48. The highest BCUT2D eigenvalue weighted by Gasteiger charge is 2.32. The van der Waals surface area contributed by atoms with Crippen molar-refractivity contribution >= 4 is 16.9 Å². The summed E-state index contributed by atoms with van der Waals surface area (Å²) in [7, 11) is 0. The van der Waals surface area contributed by atoms with Crippen LogP contribution in [0.15, 0.2) is 12.3 Å². The van der Waals surface area contributed by atoms with E-state index in [1.54, 1.807) is 6.20 Å². The van der Waals surface area contributed by atoms with Crippen LogP contribution in [0.25, 0.3) is 11.0 Å². The van der Waals surface area contributed by atoms with Gasteiger partial charge in [0, 0.05) is 24.8 Å². The van der Waals surface area contributed by atoms with Crippen molar-refractivity contribution in [3.63, 3.8) is 0 Å². The fourth-order valence-electron chi connectivity index (χ4n) is 4.71. The van der Waals surface area contributed by atoms with Gasteiger partial charge in [0.15, 0.2) is 5.65 Å². The first-order valence-corrected chi connectivity index (χ1v) is 11.2. The Kier molecular flexibility index (Phi) is 5.91. The zero-order chi connectivity index (χ0) is 20.5. The number of fused-ring (bicyclic) bond motifs is 1. The summed E-state index contributed by atoms with van der Waals surface area (Å²) in [5, 5.41) is 5.39. The van der Waals surface area contributed by atoms with E-state index in [1.807, 2.05) is 15.6 Å². The van der Waals surface area contributed by atoms with Gasteiger partial charge in [-0.3, -0.25) is 4.79 Å². The Labute approximate surface area is 173 Å². The number of carbonyl (C=O) groups is 1. The van der Waals surface area contributed by atoms with Crippen molar-refractivity contribution in [1.82, 2.24) is 19.7 Å². The third-order valence-electron chi connectivity index (χ3n) is 6.45. The summed E-state index contributed by atoms with van der Waals surface area (Å²) < 4.78 is 8.01. The SMILES string of the molecule is CC(C)c1cc(C(=O)N2CCO[C@@H](C3CCCCC3)C2)c2cnn(C(C)C)c2n1. The second-order valence-corrected chi connectivity index (χ2v) is 9.23. The third-order valence-corrected chi connectivity index (χ3v) is 6.45. The highest BCUT2D eigenvalue weighted by molar-refractivity contribution is 6.05. The van der Waals surface area contributed by atoms with Gasteiger partial charge in [-0.1, -0.05) is 33.1 Å². The number of carbonyl (C=O) groups excluding carboxylic acids is 1. The topological polar surface area (TPSA) is 60.3 Å². The first kappa shape index (κ1) is 20.3. The molecule has 0 bridgehead atoms. The number of amides is 1. The summed E-state index contributed by atoms with van der Waals surface area (Å²) in [5.74, 6) is 0.930. The zero-order valence-electron chi connectivity index (χ0n) is 18.2. The molecule has 1 aliphatic carbocycles. The summed E-state index contributed by atoms with van der Waals surface area (Å²) in [6.07, 6.45) is 8.34.